The first kappa shape index (κ1) is 7.45. The first-order valence-electron chi connectivity index (χ1n) is 10.7. The highest BCUT2D eigenvalue weighted by atomic mass is 16.5. The van der Waals surface area contributed by atoms with Crippen molar-refractivity contribution in [3.63, 3.8) is 0 Å². The second-order valence-corrected chi connectivity index (χ2v) is 5.74. The summed E-state index contributed by atoms with van der Waals surface area (Å²) >= 11 is 0. The van der Waals surface area contributed by atoms with Gasteiger partial charge < -0.3 is 14.6 Å². The minimum Gasteiger partial charge on any atom is -0.459 e. The summed E-state index contributed by atoms with van der Waals surface area (Å²) in [5, 5.41) is 0.110. The highest BCUT2D eigenvalue weighted by Crippen LogP contribution is 2.35. The smallest absolute Gasteiger partial charge is 0.340 e. The fraction of sp³-hybridized carbons (Fsp3) is 0.471. The quantitative estimate of drug-likeness (QED) is 0.865. The van der Waals surface area contributed by atoms with E-state index in [4.69, 9.17) is 14.3 Å². The molecule has 4 nitrogen and oxygen atoms in total. The number of nitrogens with zero attached hydrogens (tertiary/aromatic N) is 1. The first-order chi connectivity index (χ1) is 13.1. The number of para-hydroxylation sites is 1. The zero-order chi connectivity index (χ0) is 20.4. The van der Waals surface area contributed by atoms with E-state index in [2.05, 4.69) is 4.98 Å². The van der Waals surface area contributed by atoms with Crippen LogP contribution in [0.2, 0.25) is 0 Å². The van der Waals surface area contributed by atoms with Crippen molar-refractivity contribution in [3.05, 3.63) is 35.9 Å². The fourth-order valence-electron chi connectivity index (χ4n) is 3.42. The number of H-pyrrole nitrogens is 1. The van der Waals surface area contributed by atoms with Crippen LogP contribution in [0.5, 0.6) is 0 Å². The van der Waals surface area contributed by atoms with Gasteiger partial charge in [0.1, 0.15) is 6.10 Å². The van der Waals surface area contributed by atoms with Crippen molar-refractivity contribution in [1.82, 2.24) is 9.88 Å². The highest BCUT2D eigenvalue weighted by molar-refractivity contribution is 6.04. The van der Waals surface area contributed by atoms with E-state index in [1.165, 1.54) is 6.07 Å². The largest absolute Gasteiger partial charge is 0.459 e. The van der Waals surface area contributed by atoms with Gasteiger partial charge in [-0.15, -0.1) is 0 Å². The van der Waals surface area contributed by atoms with Crippen molar-refractivity contribution in [3.8, 4) is 0 Å². The molecule has 1 aromatic heterocycles. The van der Waals surface area contributed by atoms with Crippen molar-refractivity contribution in [2.45, 2.75) is 43.9 Å². The lowest BCUT2D eigenvalue weighted by Crippen LogP contribution is -2.43. The number of aromatic amines is 1. The predicted octanol–water partition coefficient (Wildman–Crippen LogP) is 2.95. The minimum absolute atomic E-state index is 0.110. The number of rotatable bonds is 2. The molecule has 0 saturated carbocycles. The van der Waals surface area contributed by atoms with Crippen LogP contribution in [0.15, 0.2) is 30.4 Å². The number of nitrogens with one attached hydrogen (secondary N) is 1. The van der Waals surface area contributed by atoms with Crippen molar-refractivity contribution < 1.29 is 19.1 Å². The molecule has 2 aromatic rings. The number of benzene rings is 1. The molecule has 2 saturated heterocycles. The van der Waals surface area contributed by atoms with E-state index in [0.29, 0.717) is 12.8 Å². The van der Waals surface area contributed by atoms with Crippen LogP contribution in [0.25, 0.3) is 10.9 Å². The van der Waals surface area contributed by atoms with Crippen LogP contribution < -0.4 is 0 Å². The maximum absolute atomic E-state index is 12.8. The Labute approximate surface area is 133 Å². The summed E-state index contributed by atoms with van der Waals surface area (Å²) in [5.74, 6) is -0.756. The summed E-state index contributed by atoms with van der Waals surface area (Å²) in [7, 11) is 0. The first-order valence-corrected chi connectivity index (χ1v) is 7.16. The topological polar surface area (TPSA) is 45.3 Å². The van der Waals surface area contributed by atoms with E-state index >= 15 is 0 Å². The molecule has 0 aliphatic carbocycles. The summed E-state index contributed by atoms with van der Waals surface area (Å²) in [5.41, 5.74) is 0.166. The number of fused-ring (bicyclic) bond motifs is 3. The molecule has 1 unspecified atom stereocenters. The maximum Gasteiger partial charge on any atom is 0.340 e. The molecule has 0 radical (unpaired) electrons. The molecule has 3 heterocycles. The van der Waals surface area contributed by atoms with E-state index in [1.54, 1.807) is 4.90 Å². The van der Waals surface area contributed by atoms with Crippen LogP contribution in [0.1, 0.15) is 45.6 Å². The highest BCUT2D eigenvalue weighted by Gasteiger charge is 2.40. The molecule has 3 atom stereocenters. The summed E-state index contributed by atoms with van der Waals surface area (Å²) < 4.78 is 60.3. The Hall–Kier alpha value is -1.81. The second-order valence-electron chi connectivity index (χ2n) is 5.74. The van der Waals surface area contributed by atoms with Crippen LogP contribution in [-0.4, -0.2) is 41.0 Å². The van der Waals surface area contributed by atoms with E-state index in [1.807, 2.05) is 0 Å². The summed E-state index contributed by atoms with van der Waals surface area (Å²) in [4.78, 5) is 17.0. The lowest BCUT2D eigenvalue weighted by molar-refractivity contribution is -0.000258. The molecule has 0 spiro atoms. The molecule has 2 fully saturated rings. The maximum atomic E-state index is 12.8. The van der Waals surface area contributed by atoms with Gasteiger partial charge in [0.05, 0.1) is 11.0 Å². The number of esters is 1. The van der Waals surface area contributed by atoms with Gasteiger partial charge >= 0.3 is 5.97 Å². The van der Waals surface area contributed by atoms with Crippen LogP contribution >= 0.6 is 0 Å². The molecule has 110 valence electrons. The second kappa shape index (κ2) is 4.88. The molecule has 4 heteroatoms. The van der Waals surface area contributed by atoms with Gasteiger partial charge in [-0.1, -0.05) is 18.1 Å². The third-order valence-electron chi connectivity index (χ3n) is 4.49. The number of piperidine rings is 1. The number of carbonyl (C=O) groups is 1. The van der Waals surface area contributed by atoms with Crippen molar-refractivity contribution in [1.29, 1.82) is 0 Å². The molecule has 21 heavy (non-hydrogen) atoms. The number of hydrogen-bond donors (Lipinski definition) is 1. The van der Waals surface area contributed by atoms with E-state index in [-0.39, 0.29) is 52.9 Å². The molecular weight excluding hydrogens is 264 g/mol. The Bertz CT molecular complexity index is 941. The standard InChI is InChI=1S/C17H20N2O2/c1-19-11-6-7-12(19)9-13(8-11)21-17(20)15-10-18-16-5-3-2-4-14(15)16/h2-5,10-13,18H,6-9H2,1H3/t11-,12+,13?/i1D3,2D,3D,4D,10D. The molecule has 2 bridgehead atoms. The van der Waals surface area contributed by atoms with Gasteiger partial charge in [0.2, 0.25) is 0 Å². The molecule has 4 rings (SSSR count). The Morgan fingerprint density at radius 3 is 3.00 bits per heavy atom. The third-order valence-corrected chi connectivity index (χ3v) is 4.49. The van der Waals surface area contributed by atoms with Crippen molar-refractivity contribution in [2.24, 2.45) is 0 Å². The van der Waals surface area contributed by atoms with Crippen molar-refractivity contribution >= 4 is 16.9 Å². The van der Waals surface area contributed by atoms with Gasteiger partial charge in [-0.3, -0.25) is 0 Å². The molecule has 2 aliphatic rings. The van der Waals surface area contributed by atoms with Crippen LogP contribution in [0, 0.1) is 0 Å². The molecular formula is C17H20N2O2. The van der Waals surface area contributed by atoms with Crippen LogP contribution in [0.3, 0.4) is 0 Å². The monoisotopic (exact) mass is 291 g/mol. The average molecular weight is 291 g/mol. The Kier molecular flexibility index (Phi) is 1.73. The lowest BCUT2D eigenvalue weighted by Gasteiger charge is -2.35. The summed E-state index contributed by atoms with van der Waals surface area (Å²) in [6, 6.07) is 0.220. The minimum atomic E-state index is -2.16. The predicted molar refractivity (Wildman–Crippen MR) is 81.3 cm³/mol. The SMILES string of the molecule is [2H]c1cc2[nH]c([2H])c(C(=O)OC3C[C@H]4CC[C@@H](C3)N4C([2H])([2H])[2H])c2c([2H])c1[2H]. The number of hydrogen-bond acceptors (Lipinski definition) is 3. The number of ether oxygens (including phenoxy) is 1. The van der Waals surface area contributed by atoms with Gasteiger partial charge in [0.15, 0.2) is 0 Å². The lowest BCUT2D eigenvalue weighted by atomic mass is 10.0. The Morgan fingerprint density at radius 1 is 1.43 bits per heavy atom. The fourth-order valence-corrected chi connectivity index (χ4v) is 3.42. The van der Waals surface area contributed by atoms with Gasteiger partial charge in [-0.25, -0.2) is 4.79 Å². The van der Waals surface area contributed by atoms with Gasteiger partial charge in [0.25, 0.3) is 0 Å². The van der Waals surface area contributed by atoms with Crippen LogP contribution in [-0.2, 0) is 4.74 Å². The molecule has 2 aliphatic heterocycles. The summed E-state index contributed by atoms with van der Waals surface area (Å²) in [6.07, 6.45) is 1.67. The zero-order valence-corrected chi connectivity index (χ0v) is 11.4. The van der Waals surface area contributed by atoms with Gasteiger partial charge in [-0.05, 0) is 25.9 Å². The zero-order valence-electron chi connectivity index (χ0n) is 18.4. The number of carbonyl (C=O) groups excluding carboxylic acids is 1. The van der Waals surface area contributed by atoms with Gasteiger partial charge in [-0.2, -0.15) is 0 Å². The molecule has 1 N–H and O–H groups in total. The normalized spacial score (nSPS) is 34.3. The summed E-state index contributed by atoms with van der Waals surface area (Å²) in [6.45, 7) is -2.16. The van der Waals surface area contributed by atoms with E-state index in [0.717, 1.165) is 12.8 Å². The third kappa shape index (κ3) is 2.14. The Morgan fingerprint density at radius 2 is 2.24 bits per heavy atom. The Balaban J connectivity index is 1.59. The van der Waals surface area contributed by atoms with Crippen molar-refractivity contribution in [2.75, 3.05) is 6.98 Å². The number of aromatic nitrogens is 1. The average Bonchev–Trinajstić information content (AvgIpc) is 3.07. The van der Waals surface area contributed by atoms with Gasteiger partial charge in [0, 0.05) is 46.1 Å². The molecule has 0 amide bonds. The molecule has 1 aromatic carbocycles. The van der Waals surface area contributed by atoms with E-state index < -0.39 is 19.0 Å². The van der Waals surface area contributed by atoms with E-state index in [9.17, 15) is 4.79 Å². The van der Waals surface area contributed by atoms with Crippen LogP contribution in [0.4, 0.5) is 0 Å².